The molecular weight excluding hydrogens is 464 g/mol. The van der Waals surface area contributed by atoms with E-state index >= 15 is 0 Å². The minimum absolute atomic E-state index is 0.00249. The van der Waals surface area contributed by atoms with Gasteiger partial charge < -0.3 is 19.3 Å². The first-order valence-corrected chi connectivity index (χ1v) is 13.2. The van der Waals surface area contributed by atoms with Gasteiger partial charge >= 0.3 is 0 Å². The third-order valence-corrected chi connectivity index (χ3v) is 8.56. The van der Waals surface area contributed by atoms with E-state index in [-0.39, 0.29) is 47.7 Å². The number of nitro groups is 1. The highest BCUT2D eigenvalue weighted by atomic mass is 32.2. The number of morpholine rings is 2. The second-order valence-electron chi connectivity index (χ2n) is 9.19. The molecule has 0 N–H and O–H groups in total. The molecule has 3 saturated heterocycles. The molecule has 3 aliphatic heterocycles. The molecule has 2 unspecified atom stereocenters. The summed E-state index contributed by atoms with van der Waals surface area (Å²) >= 11 is 0. The summed E-state index contributed by atoms with van der Waals surface area (Å²) in [5.41, 5.74) is 0.139. The Morgan fingerprint density at radius 3 is 2.26 bits per heavy atom. The van der Waals surface area contributed by atoms with Crippen molar-refractivity contribution in [1.29, 1.82) is 0 Å². The van der Waals surface area contributed by atoms with Crippen LogP contribution in [0, 0.1) is 16.0 Å². The van der Waals surface area contributed by atoms with Crippen molar-refractivity contribution < 1.29 is 27.6 Å². The molecule has 0 aliphatic carbocycles. The highest BCUT2D eigenvalue weighted by molar-refractivity contribution is 7.89. The molecule has 1 amide bonds. The Morgan fingerprint density at radius 2 is 1.68 bits per heavy atom. The second kappa shape index (κ2) is 10.1. The number of carbonyl (C=O) groups excluding carboxylic acids is 1. The smallest absolute Gasteiger partial charge is 0.293 e. The van der Waals surface area contributed by atoms with Crippen LogP contribution < -0.4 is 4.90 Å². The average Bonchev–Trinajstić information content (AvgIpc) is 2.83. The summed E-state index contributed by atoms with van der Waals surface area (Å²) in [5, 5.41) is 11.8. The molecule has 3 fully saturated rings. The largest absolute Gasteiger partial charge is 0.379 e. The van der Waals surface area contributed by atoms with E-state index in [2.05, 4.69) is 0 Å². The van der Waals surface area contributed by atoms with Crippen LogP contribution in [0.5, 0.6) is 0 Å². The number of amides is 1. The van der Waals surface area contributed by atoms with E-state index in [1.165, 1.54) is 16.4 Å². The first kappa shape index (κ1) is 24.8. The first-order chi connectivity index (χ1) is 16.2. The molecule has 188 valence electrons. The first-order valence-electron chi connectivity index (χ1n) is 11.7. The van der Waals surface area contributed by atoms with Gasteiger partial charge in [-0.05, 0) is 38.8 Å². The summed E-state index contributed by atoms with van der Waals surface area (Å²) in [6, 6.07) is 4.09. The van der Waals surface area contributed by atoms with Crippen LogP contribution in [0.3, 0.4) is 0 Å². The van der Waals surface area contributed by atoms with Crippen molar-refractivity contribution in [2.45, 2.75) is 43.8 Å². The van der Waals surface area contributed by atoms with Gasteiger partial charge in [0.1, 0.15) is 5.69 Å². The molecule has 0 bridgehead atoms. The summed E-state index contributed by atoms with van der Waals surface area (Å²) in [4.78, 5) is 28.0. The van der Waals surface area contributed by atoms with Gasteiger partial charge in [0.15, 0.2) is 0 Å². The van der Waals surface area contributed by atoms with Gasteiger partial charge in [-0.1, -0.05) is 0 Å². The zero-order chi connectivity index (χ0) is 24.5. The van der Waals surface area contributed by atoms with Crippen LogP contribution >= 0.6 is 0 Å². The van der Waals surface area contributed by atoms with Crippen LogP contribution in [0.2, 0.25) is 0 Å². The number of nitrogens with zero attached hydrogens (tertiary/aromatic N) is 4. The molecule has 2 atom stereocenters. The normalized spacial score (nSPS) is 25.4. The van der Waals surface area contributed by atoms with E-state index in [9.17, 15) is 23.3 Å². The van der Waals surface area contributed by atoms with Crippen LogP contribution in [0.1, 0.15) is 26.7 Å². The number of nitro benzene ring substituents is 1. The minimum Gasteiger partial charge on any atom is -0.379 e. The van der Waals surface area contributed by atoms with E-state index in [1.54, 1.807) is 0 Å². The second-order valence-corrected chi connectivity index (χ2v) is 11.1. The molecule has 3 aliphatic rings. The lowest BCUT2D eigenvalue weighted by Gasteiger charge is -2.39. The molecule has 1 aromatic carbocycles. The van der Waals surface area contributed by atoms with E-state index in [1.807, 2.05) is 23.6 Å². The average molecular weight is 497 g/mol. The maximum atomic E-state index is 13.0. The molecule has 0 aromatic heterocycles. The highest BCUT2D eigenvalue weighted by Gasteiger charge is 2.35. The summed E-state index contributed by atoms with van der Waals surface area (Å²) in [6.07, 6.45) is 1.18. The Hall–Kier alpha value is -2.28. The van der Waals surface area contributed by atoms with Gasteiger partial charge in [0.2, 0.25) is 15.9 Å². The van der Waals surface area contributed by atoms with Crippen LogP contribution in [0.4, 0.5) is 11.4 Å². The summed E-state index contributed by atoms with van der Waals surface area (Å²) in [5.74, 6) is -0.0168. The number of carbonyl (C=O) groups is 1. The van der Waals surface area contributed by atoms with Crippen molar-refractivity contribution in [2.24, 2.45) is 5.92 Å². The van der Waals surface area contributed by atoms with Gasteiger partial charge in [-0.15, -0.1) is 0 Å². The zero-order valence-corrected chi connectivity index (χ0v) is 20.4. The number of sulfonamides is 1. The predicted molar refractivity (Wildman–Crippen MR) is 124 cm³/mol. The number of benzene rings is 1. The predicted octanol–water partition coefficient (Wildman–Crippen LogP) is 1.47. The molecule has 0 radical (unpaired) electrons. The number of hydrogen-bond donors (Lipinski definition) is 0. The molecule has 0 saturated carbocycles. The number of ether oxygens (including phenoxy) is 2. The van der Waals surface area contributed by atoms with Crippen LogP contribution in [-0.4, -0.2) is 93.1 Å². The van der Waals surface area contributed by atoms with E-state index in [0.717, 1.165) is 6.07 Å². The topological polar surface area (TPSA) is 123 Å². The maximum absolute atomic E-state index is 13.0. The molecular formula is C22H32N4O7S. The van der Waals surface area contributed by atoms with E-state index in [0.29, 0.717) is 57.9 Å². The van der Waals surface area contributed by atoms with Crippen molar-refractivity contribution in [3.8, 4) is 0 Å². The Kier molecular flexibility index (Phi) is 7.41. The van der Waals surface area contributed by atoms with Gasteiger partial charge in [0.05, 0.1) is 35.2 Å². The van der Waals surface area contributed by atoms with Crippen molar-refractivity contribution in [3.05, 3.63) is 28.3 Å². The third-order valence-electron chi connectivity index (χ3n) is 6.67. The Morgan fingerprint density at radius 1 is 1.06 bits per heavy atom. The summed E-state index contributed by atoms with van der Waals surface area (Å²) in [7, 11) is -3.84. The zero-order valence-electron chi connectivity index (χ0n) is 19.6. The molecule has 11 nitrogen and oxygen atoms in total. The van der Waals surface area contributed by atoms with Crippen LogP contribution in [0.15, 0.2) is 23.1 Å². The molecule has 12 heteroatoms. The van der Waals surface area contributed by atoms with Crippen LogP contribution in [-0.2, 0) is 24.3 Å². The van der Waals surface area contributed by atoms with E-state index in [4.69, 9.17) is 9.47 Å². The monoisotopic (exact) mass is 496 g/mol. The minimum atomic E-state index is -3.84. The molecule has 34 heavy (non-hydrogen) atoms. The van der Waals surface area contributed by atoms with Gasteiger partial charge in [-0.25, -0.2) is 8.42 Å². The molecule has 4 rings (SSSR count). The summed E-state index contributed by atoms with van der Waals surface area (Å²) in [6.45, 7) is 7.10. The lowest BCUT2D eigenvalue weighted by Crippen LogP contribution is -2.51. The lowest BCUT2D eigenvalue weighted by molar-refractivity contribution is -0.384. The SMILES string of the molecule is CC1CN(C(=O)C2CCN(c3ccc(S(=O)(=O)N4CCOCC4)cc3[N+](=O)[O-])CC2)CC(C)O1. The molecule has 0 spiro atoms. The fourth-order valence-corrected chi connectivity index (χ4v) is 6.43. The molecule has 3 heterocycles. The van der Waals surface area contributed by atoms with Gasteiger partial charge in [0.25, 0.3) is 5.69 Å². The third kappa shape index (κ3) is 5.19. The number of piperidine rings is 1. The quantitative estimate of drug-likeness (QED) is 0.444. The standard InChI is InChI=1S/C22H32N4O7S/c1-16-14-24(15-17(2)33-16)22(27)18-5-7-23(8-6-18)20-4-3-19(13-21(20)26(28)29)34(30,31)25-9-11-32-12-10-25/h3-4,13,16-18H,5-12,14-15H2,1-2H3. The Balaban J connectivity index is 1.46. The maximum Gasteiger partial charge on any atom is 0.293 e. The van der Waals surface area contributed by atoms with Crippen molar-refractivity contribution in [3.63, 3.8) is 0 Å². The fourth-order valence-electron chi connectivity index (χ4n) is 5.00. The van der Waals surface area contributed by atoms with Gasteiger partial charge in [0, 0.05) is 51.3 Å². The Labute approximate surface area is 199 Å². The van der Waals surface area contributed by atoms with Gasteiger partial charge in [-0.2, -0.15) is 4.31 Å². The van der Waals surface area contributed by atoms with E-state index < -0.39 is 14.9 Å². The van der Waals surface area contributed by atoms with Crippen molar-refractivity contribution in [1.82, 2.24) is 9.21 Å². The summed E-state index contributed by atoms with van der Waals surface area (Å²) < 4.78 is 38.1. The van der Waals surface area contributed by atoms with Crippen molar-refractivity contribution in [2.75, 3.05) is 57.4 Å². The number of hydrogen-bond acceptors (Lipinski definition) is 8. The lowest BCUT2D eigenvalue weighted by atomic mass is 9.94. The highest BCUT2D eigenvalue weighted by Crippen LogP contribution is 2.35. The van der Waals surface area contributed by atoms with Gasteiger partial charge in [-0.3, -0.25) is 14.9 Å². The number of rotatable bonds is 5. The fraction of sp³-hybridized carbons (Fsp3) is 0.682. The van der Waals surface area contributed by atoms with Crippen molar-refractivity contribution >= 4 is 27.3 Å². The van der Waals surface area contributed by atoms with Crippen LogP contribution in [0.25, 0.3) is 0 Å². The Bertz CT molecular complexity index is 1010. The molecule has 1 aromatic rings. The number of anilines is 1.